The molecule has 2 rings (SSSR count). The van der Waals surface area contributed by atoms with Gasteiger partial charge in [0.15, 0.2) is 0 Å². The standard InChI is InChI=1S/C12H15NO3/c14-8-9-5-6-13(7-9)11-4-2-1-3-10(11)12(15)16/h1-4,9,14H,5-8H2,(H,15,16)/t9-/m0/s1. The number of para-hydroxylation sites is 1. The molecule has 1 aromatic carbocycles. The number of anilines is 1. The average Bonchev–Trinajstić information content (AvgIpc) is 2.77. The average molecular weight is 221 g/mol. The fourth-order valence-electron chi connectivity index (χ4n) is 2.13. The lowest BCUT2D eigenvalue weighted by molar-refractivity contribution is 0.0697. The molecule has 1 aliphatic heterocycles. The topological polar surface area (TPSA) is 60.8 Å². The number of benzene rings is 1. The van der Waals surface area contributed by atoms with Gasteiger partial charge in [-0.25, -0.2) is 4.79 Å². The third-order valence-corrected chi connectivity index (χ3v) is 3.02. The number of aromatic carboxylic acids is 1. The summed E-state index contributed by atoms with van der Waals surface area (Å²) in [4.78, 5) is 13.1. The largest absolute Gasteiger partial charge is 0.478 e. The Hall–Kier alpha value is -1.55. The maximum atomic E-state index is 11.1. The molecule has 1 atom stereocenters. The van der Waals surface area contributed by atoms with Gasteiger partial charge in [0, 0.05) is 25.6 Å². The molecule has 0 amide bonds. The van der Waals surface area contributed by atoms with E-state index in [0.717, 1.165) is 25.2 Å². The summed E-state index contributed by atoms with van der Waals surface area (Å²) < 4.78 is 0. The molecule has 4 nitrogen and oxygen atoms in total. The molecule has 0 bridgehead atoms. The van der Waals surface area contributed by atoms with Crippen molar-refractivity contribution in [3.8, 4) is 0 Å². The Labute approximate surface area is 94.1 Å². The van der Waals surface area contributed by atoms with Gasteiger partial charge in [-0.2, -0.15) is 0 Å². The summed E-state index contributed by atoms with van der Waals surface area (Å²) in [6, 6.07) is 7.01. The van der Waals surface area contributed by atoms with E-state index in [1.165, 1.54) is 0 Å². The highest BCUT2D eigenvalue weighted by Crippen LogP contribution is 2.26. The summed E-state index contributed by atoms with van der Waals surface area (Å²) >= 11 is 0. The van der Waals surface area contributed by atoms with Crippen LogP contribution in [0.1, 0.15) is 16.8 Å². The van der Waals surface area contributed by atoms with Crippen LogP contribution in [0.4, 0.5) is 5.69 Å². The van der Waals surface area contributed by atoms with Gasteiger partial charge in [0.25, 0.3) is 0 Å². The Bertz CT molecular complexity index is 392. The van der Waals surface area contributed by atoms with Crippen molar-refractivity contribution in [2.45, 2.75) is 6.42 Å². The zero-order valence-electron chi connectivity index (χ0n) is 8.97. The van der Waals surface area contributed by atoms with Crippen LogP contribution in [0.15, 0.2) is 24.3 Å². The highest BCUT2D eigenvalue weighted by Gasteiger charge is 2.24. The Morgan fingerprint density at radius 2 is 2.19 bits per heavy atom. The molecule has 0 unspecified atom stereocenters. The van der Waals surface area contributed by atoms with Crippen LogP contribution in [0.5, 0.6) is 0 Å². The molecule has 0 aliphatic carbocycles. The van der Waals surface area contributed by atoms with Crippen molar-refractivity contribution >= 4 is 11.7 Å². The number of carbonyl (C=O) groups is 1. The number of aliphatic hydroxyl groups excluding tert-OH is 1. The molecule has 0 spiro atoms. The van der Waals surface area contributed by atoms with Crippen LogP contribution in [0.2, 0.25) is 0 Å². The van der Waals surface area contributed by atoms with Crippen LogP contribution >= 0.6 is 0 Å². The maximum Gasteiger partial charge on any atom is 0.337 e. The number of hydrogen-bond donors (Lipinski definition) is 2. The van der Waals surface area contributed by atoms with E-state index in [4.69, 9.17) is 10.2 Å². The molecule has 16 heavy (non-hydrogen) atoms. The van der Waals surface area contributed by atoms with Gasteiger partial charge < -0.3 is 15.1 Å². The molecule has 1 heterocycles. The fourth-order valence-corrected chi connectivity index (χ4v) is 2.13. The fraction of sp³-hybridized carbons (Fsp3) is 0.417. The minimum absolute atomic E-state index is 0.172. The van der Waals surface area contributed by atoms with Crippen LogP contribution in [0.25, 0.3) is 0 Å². The minimum Gasteiger partial charge on any atom is -0.478 e. The first kappa shape index (κ1) is 11.0. The SMILES string of the molecule is O=C(O)c1ccccc1N1CC[C@H](CO)C1. The Kier molecular flexibility index (Phi) is 3.10. The molecule has 2 N–H and O–H groups in total. The van der Waals surface area contributed by atoms with Gasteiger partial charge in [-0.3, -0.25) is 0 Å². The van der Waals surface area contributed by atoms with Crippen LogP contribution in [-0.4, -0.2) is 35.9 Å². The second-order valence-corrected chi connectivity index (χ2v) is 4.11. The van der Waals surface area contributed by atoms with Gasteiger partial charge in [0.05, 0.1) is 11.3 Å². The molecule has 1 aromatic rings. The number of carboxylic acids is 1. The first-order valence-electron chi connectivity index (χ1n) is 5.40. The van der Waals surface area contributed by atoms with Gasteiger partial charge in [-0.15, -0.1) is 0 Å². The number of hydrogen-bond acceptors (Lipinski definition) is 3. The zero-order chi connectivity index (χ0) is 11.5. The van der Waals surface area contributed by atoms with Crippen molar-refractivity contribution in [3.05, 3.63) is 29.8 Å². The van der Waals surface area contributed by atoms with Crippen LogP contribution < -0.4 is 4.90 Å². The number of carboxylic acid groups (broad SMARTS) is 1. The number of aliphatic hydroxyl groups is 1. The van der Waals surface area contributed by atoms with Gasteiger partial charge in [0.2, 0.25) is 0 Å². The first-order chi connectivity index (χ1) is 7.72. The van der Waals surface area contributed by atoms with Crippen molar-refractivity contribution in [2.75, 3.05) is 24.6 Å². The summed E-state index contributed by atoms with van der Waals surface area (Å²) in [6.07, 6.45) is 0.921. The lowest BCUT2D eigenvalue weighted by atomic mass is 10.1. The molecule has 1 aliphatic rings. The first-order valence-corrected chi connectivity index (χ1v) is 5.40. The molecule has 0 aromatic heterocycles. The molecule has 0 saturated carbocycles. The zero-order valence-corrected chi connectivity index (χ0v) is 8.97. The van der Waals surface area contributed by atoms with Gasteiger partial charge in [0.1, 0.15) is 0 Å². The quantitative estimate of drug-likeness (QED) is 0.805. The van der Waals surface area contributed by atoms with E-state index < -0.39 is 5.97 Å². The summed E-state index contributed by atoms with van der Waals surface area (Å²) in [5, 5.41) is 18.1. The van der Waals surface area contributed by atoms with E-state index in [9.17, 15) is 4.79 Å². The molecule has 4 heteroatoms. The van der Waals surface area contributed by atoms with Crippen LogP contribution in [0, 0.1) is 5.92 Å². The Balaban J connectivity index is 2.24. The van der Waals surface area contributed by atoms with E-state index in [0.29, 0.717) is 5.56 Å². The number of nitrogens with zero attached hydrogens (tertiary/aromatic N) is 1. The number of rotatable bonds is 3. The van der Waals surface area contributed by atoms with Crippen LogP contribution in [0.3, 0.4) is 0 Å². The maximum absolute atomic E-state index is 11.1. The molecule has 1 saturated heterocycles. The minimum atomic E-state index is -0.900. The summed E-state index contributed by atoms with van der Waals surface area (Å²) in [6.45, 7) is 1.72. The van der Waals surface area contributed by atoms with Gasteiger partial charge in [-0.1, -0.05) is 12.1 Å². The van der Waals surface area contributed by atoms with Gasteiger partial charge >= 0.3 is 5.97 Å². The smallest absolute Gasteiger partial charge is 0.337 e. The highest BCUT2D eigenvalue weighted by molar-refractivity contribution is 5.94. The predicted octanol–water partition coefficient (Wildman–Crippen LogP) is 1.20. The third-order valence-electron chi connectivity index (χ3n) is 3.02. The Morgan fingerprint density at radius 1 is 1.44 bits per heavy atom. The van der Waals surface area contributed by atoms with Crippen molar-refractivity contribution in [1.29, 1.82) is 0 Å². The normalized spacial score (nSPS) is 20.1. The molecular formula is C12H15NO3. The molecule has 86 valence electrons. The summed E-state index contributed by atoms with van der Waals surface area (Å²) in [5.74, 6) is -0.634. The van der Waals surface area contributed by atoms with Crippen molar-refractivity contribution in [1.82, 2.24) is 0 Å². The van der Waals surface area contributed by atoms with Gasteiger partial charge in [-0.05, 0) is 18.6 Å². The van der Waals surface area contributed by atoms with E-state index >= 15 is 0 Å². The van der Waals surface area contributed by atoms with E-state index in [1.54, 1.807) is 12.1 Å². The molecular weight excluding hydrogens is 206 g/mol. The van der Waals surface area contributed by atoms with Crippen molar-refractivity contribution in [2.24, 2.45) is 5.92 Å². The Morgan fingerprint density at radius 3 is 2.81 bits per heavy atom. The summed E-state index contributed by atoms with van der Waals surface area (Å²) in [5.41, 5.74) is 1.09. The van der Waals surface area contributed by atoms with E-state index in [1.807, 2.05) is 17.0 Å². The lowest BCUT2D eigenvalue weighted by Crippen LogP contribution is -2.22. The summed E-state index contributed by atoms with van der Waals surface area (Å²) in [7, 11) is 0. The third kappa shape index (κ3) is 2.02. The second kappa shape index (κ2) is 4.53. The van der Waals surface area contributed by atoms with E-state index in [-0.39, 0.29) is 12.5 Å². The predicted molar refractivity (Wildman–Crippen MR) is 60.8 cm³/mol. The molecule has 0 radical (unpaired) electrons. The second-order valence-electron chi connectivity index (χ2n) is 4.11. The van der Waals surface area contributed by atoms with E-state index in [2.05, 4.69) is 0 Å². The van der Waals surface area contributed by atoms with Crippen LogP contribution in [-0.2, 0) is 0 Å². The molecule has 1 fully saturated rings. The highest BCUT2D eigenvalue weighted by atomic mass is 16.4. The monoisotopic (exact) mass is 221 g/mol. The van der Waals surface area contributed by atoms with Crippen molar-refractivity contribution in [3.63, 3.8) is 0 Å². The van der Waals surface area contributed by atoms with Crippen molar-refractivity contribution < 1.29 is 15.0 Å². The lowest BCUT2D eigenvalue weighted by Gasteiger charge is -2.20.